The van der Waals surface area contributed by atoms with Crippen molar-refractivity contribution in [2.24, 2.45) is 0 Å². The molecular weight excluding hydrogens is 1380 g/mol. The van der Waals surface area contributed by atoms with Crippen LogP contribution < -0.4 is 0 Å². The molecule has 15 aromatic carbocycles. The Kier molecular flexibility index (Phi) is 16.8. The largest absolute Gasteiger partial charge is 0.308 e. The van der Waals surface area contributed by atoms with E-state index in [2.05, 4.69) is 163 Å². The molecule has 12 heteroatoms. The first-order chi connectivity index (χ1) is 54.4. The summed E-state index contributed by atoms with van der Waals surface area (Å²) in [5, 5.41) is 4.05. The van der Waals surface area contributed by atoms with Crippen molar-refractivity contribution in [3.63, 3.8) is 0 Å². The summed E-state index contributed by atoms with van der Waals surface area (Å²) in [6.07, 6.45) is 0. The van der Waals surface area contributed by atoms with Gasteiger partial charge in [0.1, 0.15) is 23.3 Å². The normalized spacial score (nSPS) is 11.6. The molecule has 0 atom stereocenters. The molecule has 4 aromatic heterocycles. The van der Waals surface area contributed by atoms with Crippen molar-refractivity contribution < 1.29 is 17.6 Å². The quantitative estimate of drug-likeness (QED) is 0.101. The highest BCUT2D eigenvalue weighted by molar-refractivity contribution is 6.14. The van der Waals surface area contributed by atoms with Crippen molar-refractivity contribution in [1.29, 1.82) is 0 Å². The summed E-state index contributed by atoms with van der Waals surface area (Å²) < 4.78 is 66.1. The molecule has 0 unspecified atom stereocenters. The lowest BCUT2D eigenvalue weighted by atomic mass is 9.88. The van der Waals surface area contributed by atoms with Crippen LogP contribution in [-0.4, -0.2) is 39.0 Å². The van der Waals surface area contributed by atoms with Crippen LogP contribution in [0.5, 0.6) is 0 Å². The molecule has 19 rings (SSSR count). The summed E-state index contributed by atoms with van der Waals surface area (Å²) in [7, 11) is 0. The summed E-state index contributed by atoms with van der Waals surface area (Å²) in [5.74, 6) is -0.142. The van der Waals surface area contributed by atoms with Gasteiger partial charge in [-0.1, -0.05) is 231 Å². The lowest BCUT2D eigenvalue weighted by molar-refractivity contribution is 0.585. The molecule has 0 saturated heterocycles. The minimum atomic E-state index is -0.694. The van der Waals surface area contributed by atoms with Gasteiger partial charge >= 0.3 is 0 Å². The van der Waals surface area contributed by atoms with Crippen LogP contribution in [-0.2, 0) is 0 Å². The van der Waals surface area contributed by atoms with Gasteiger partial charge in [-0.25, -0.2) is 47.5 Å². The van der Waals surface area contributed by atoms with Crippen molar-refractivity contribution in [3.05, 3.63) is 374 Å². The molecule has 111 heavy (non-hydrogen) atoms. The Morgan fingerprint density at radius 1 is 0.216 bits per heavy atom. The first-order valence-electron chi connectivity index (χ1n) is 36.7. The second-order valence-corrected chi connectivity index (χ2v) is 28.1. The molecule has 0 amide bonds. The smallest absolute Gasteiger partial charge is 0.166 e. The molecule has 8 nitrogen and oxygen atoms in total. The monoisotopic (exact) mass is 1440 g/mol. The standard InChI is InChI=1S/C99H64F4N8/c1-59-49-71(66-35-42-80-79-32-18-19-34-87(79)111(92(80)56-66)91-47-38-69(77-44-41-74(101)58-86(77)103)54-84(91)99-108-96(64-27-12-6-13-28-64)105-97(109-99)65-29-14-7-15-30-65)51-72(50-59)78-33-20-22-61(3)93(78)70-39-48-89-82(55-70)81-52-67(75-31-17-16-21-60(75)2)36-45-88(81)110(89)90-46-37-68(76-43-40-73(100)57-85(76)102)53-83(90)98-106-94(62-23-8-4-9-24-62)104-95(107-98)63-25-10-5-11-26-63/h4-58H,1-3H3. The number of hydrogen-bond acceptors (Lipinski definition) is 6. The van der Waals surface area contributed by atoms with Crippen LogP contribution in [0.4, 0.5) is 17.6 Å². The minimum Gasteiger partial charge on any atom is -0.308 e. The molecule has 0 saturated carbocycles. The number of aromatic nitrogens is 8. The van der Waals surface area contributed by atoms with E-state index in [9.17, 15) is 8.78 Å². The van der Waals surface area contributed by atoms with E-state index in [-0.39, 0.29) is 11.1 Å². The van der Waals surface area contributed by atoms with Gasteiger partial charge in [0, 0.05) is 78.2 Å². The average Bonchev–Trinajstić information content (AvgIpc) is 1.58. The van der Waals surface area contributed by atoms with E-state index in [0.29, 0.717) is 57.2 Å². The number of benzene rings is 15. The van der Waals surface area contributed by atoms with Gasteiger partial charge in [-0.2, -0.15) is 0 Å². The topological polar surface area (TPSA) is 87.2 Å². The first-order valence-corrected chi connectivity index (χ1v) is 36.7. The molecule has 0 radical (unpaired) electrons. The SMILES string of the molecule is Cc1cc(-c2ccc3c4ccccc4n(-c4ccc(-c5ccc(F)cc5F)cc4-c4nc(-c5ccccc5)nc(-c5ccccc5)n4)c3c2)cc(-c2cccc(C)c2-c2ccc3c(c2)c2cc(-c4ccccc4C)ccc2n3-c2ccc(-c3ccc(F)cc3F)cc2-c2nc(-c3ccccc3)nc(-c3ccccc3)n2)c1. The maximum absolute atomic E-state index is 16.2. The summed E-state index contributed by atoms with van der Waals surface area (Å²) in [6, 6.07) is 108. The number of fused-ring (bicyclic) bond motifs is 6. The zero-order valence-corrected chi connectivity index (χ0v) is 60.3. The van der Waals surface area contributed by atoms with Crippen LogP contribution in [0.2, 0.25) is 0 Å². The highest BCUT2D eigenvalue weighted by atomic mass is 19.1. The molecule has 0 spiro atoms. The fourth-order valence-electron chi connectivity index (χ4n) is 15.8. The number of aryl methyl sites for hydroxylation is 3. The second-order valence-electron chi connectivity index (χ2n) is 28.1. The maximum atomic E-state index is 16.2. The number of halogens is 4. The fraction of sp³-hybridized carbons (Fsp3) is 0.0303. The third-order valence-electron chi connectivity index (χ3n) is 21.0. The van der Waals surface area contributed by atoms with E-state index in [4.69, 9.17) is 29.9 Å². The third-order valence-corrected chi connectivity index (χ3v) is 21.0. The van der Waals surface area contributed by atoms with Crippen molar-refractivity contribution in [2.45, 2.75) is 20.8 Å². The van der Waals surface area contributed by atoms with E-state index >= 15 is 8.78 Å². The number of nitrogens with zero attached hydrogens (tertiary/aromatic N) is 8. The molecule has 0 aliphatic heterocycles. The fourth-order valence-corrected chi connectivity index (χ4v) is 15.8. The van der Waals surface area contributed by atoms with Gasteiger partial charge in [0.2, 0.25) is 0 Å². The van der Waals surface area contributed by atoms with Gasteiger partial charge in [-0.3, -0.25) is 0 Å². The predicted octanol–water partition coefficient (Wildman–Crippen LogP) is 25.7. The van der Waals surface area contributed by atoms with Crippen LogP contribution in [0.15, 0.2) is 334 Å². The Labute approximate surface area is 637 Å². The van der Waals surface area contributed by atoms with Crippen molar-refractivity contribution in [1.82, 2.24) is 39.0 Å². The average molecular weight is 1440 g/mol. The van der Waals surface area contributed by atoms with Crippen LogP contribution >= 0.6 is 0 Å². The van der Waals surface area contributed by atoms with E-state index in [0.717, 1.165) is 151 Å². The Balaban J connectivity index is 0.783. The molecule has 19 aromatic rings. The Bertz CT molecular complexity index is 6800. The number of rotatable bonds is 14. The van der Waals surface area contributed by atoms with Crippen LogP contribution in [0.25, 0.3) is 190 Å². The third kappa shape index (κ3) is 12.3. The zero-order valence-electron chi connectivity index (χ0n) is 60.3. The molecule has 0 bridgehead atoms. The van der Waals surface area contributed by atoms with Crippen molar-refractivity contribution in [3.8, 4) is 146 Å². The summed E-state index contributed by atoms with van der Waals surface area (Å²) in [4.78, 5) is 31.1. The van der Waals surface area contributed by atoms with Crippen LogP contribution in [0, 0.1) is 44.0 Å². The van der Waals surface area contributed by atoms with E-state index in [1.165, 1.54) is 24.3 Å². The highest BCUT2D eigenvalue weighted by Crippen LogP contribution is 2.46. The Morgan fingerprint density at radius 3 is 1.15 bits per heavy atom. The zero-order chi connectivity index (χ0) is 75.0. The van der Waals surface area contributed by atoms with Gasteiger partial charge in [0.05, 0.1) is 33.4 Å². The molecule has 0 fully saturated rings. The summed E-state index contributed by atoms with van der Waals surface area (Å²) in [6.45, 7) is 6.45. The van der Waals surface area contributed by atoms with Crippen molar-refractivity contribution in [2.75, 3.05) is 0 Å². The highest BCUT2D eigenvalue weighted by Gasteiger charge is 2.26. The summed E-state index contributed by atoms with van der Waals surface area (Å²) >= 11 is 0. The Morgan fingerprint density at radius 2 is 0.622 bits per heavy atom. The van der Waals surface area contributed by atoms with Gasteiger partial charge in [0.25, 0.3) is 0 Å². The van der Waals surface area contributed by atoms with E-state index in [1.54, 1.807) is 0 Å². The molecule has 0 aliphatic carbocycles. The lowest BCUT2D eigenvalue weighted by Crippen LogP contribution is -2.04. The van der Waals surface area contributed by atoms with Crippen molar-refractivity contribution >= 4 is 43.6 Å². The van der Waals surface area contributed by atoms with Gasteiger partial charge < -0.3 is 9.13 Å². The van der Waals surface area contributed by atoms with Crippen LogP contribution in [0.3, 0.4) is 0 Å². The Hall–Kier alpha value is -14.4. The maximum Gasteiger partial charge on any atom is 0.166 e. The first kappa shape index (κ1) is 67.3. The lowest BCUT2D eigenvalue weighted by Gasteiger charge is -2.18. The molecule has 0 N–H and O–H groups in total. The molecule has 4 heterocycles. The van der Waals surface area contributed by atoms with E-state index < -0.39 is 23.3 Å². The number of para-hydroxylation sites is 1. The van der Waals surface area contributed by atoms with Gasteiger partial charge in [0.15, 0.2) is 34.9 Å². The van der Waals surface area contributed by atoms with E-state index in [1.807, 2.05) is 164 Å². The summed E-state index contributed by atoms with van der Waals surface area (Å²) in [5.41, 5.74) is 22.6. The molecular formula is C99H64F4N8. The van der Waals surface area contributed by atoms with Crippen LogP contribution in [0.1, 0.15) is 16.7 Å². The second kappa shape index (κ2) is 27.8. The predicted molar refractivity (Wildman–Crippen MR) is 441 cm³/mol. The minimum absolute atomic E-state index is 0.227. The molecule has 0 aliphatic rings. The molecule has 528 valence electrons. The van der Waals surface area contributed by atoms with Gasteiger partial charge in [-0.05, 0) is 184 Å². The number of hydrogen-bond donors (Lipinski definition) is 0. The van der Waals surface area contributed by atoms with Gasteiger partial charge in [-0.15, -0.1) is 0 Å².